The zero-order valence-electron chi connectivity index (χ0n) is 13.4. The van der Waals surface area contributed by atoms with Gasteiger partial charge in [0, 0.05) is 19.5 Å². The van der Waals surface area contributed by atoms with Crippen molar-refractivity contribution in [1.82, 2.24) is 9.62 Å². The molecule has 2 aliphatic rings. The highest BCUT2D eigenvalue weighted by molar-refractivity contribution is 7.89. The summed E-state index contributed by atoms with van der Waals surface area (Å²) in [7, 11) is -3.37. The van der Waals surface area contributed by atoms with Crippen LogP contribution in [0.4, 0.5) is 0 Å². The Hall–Kier alpha value is -1.40. The Morgan fingerprint density at radius 2 is 1.91 bits per heavy atom. The normalized spacial score (nSPS) is 29.4. The average Bonchev–Trinajstić information content (AvgIpc) is 2.68. The number of hydrogen-bond acceptors (Lipinski definition) is 3. The maximum atomic E-state index is 12.9. The summed E-state index contributed by atoms with van der Waals surface area (Å²) >= 11 is 0. The van der Waals surface area contributed by atoms with Gasteiger partial charge in [0.25, 0.3) is 0 Å². The molecular weight excluding hydrogens is 312 g/mol. The molecule has 1 aliphatic carbocycles. The first kappa shape index (κ1) is 16.5. The Bertz CT molecular complexity index is 654. The zero-order chi connectivity index (χ0) is 16.4. The van der Waals surface area contributed by atoms with Crippen LogP contribution in [0, 0.1) is 11.8 Å². The van der Waals surface area contributed by atoms with E-state index < -0.39 is 16.1 Å². The number of sulfonamides is 1. The van der Waals surface area contributed by atoms with E-state index in [0.29, 0.717) is 19.0 Å². The molecule has 1 N–H and O–H groups in total. The highest BCUT2D eigenvalue weighted by Gasteiger charge is 2.38. The van der Waals surface area contributed by atoms with Crippen molar-refractivity contribution in [1.29, 1.82) is 0 Å². The summed E-state index contributed by atoms with van der Waals surface area (Å²) in [5.74, 6) is 1.01. The minimum absolute atomic E-state index is 0.0891. The van der Waals surface area contributed by atoms with Crippen molar-refractivity contribution >= 4 is 15.9 Å². The highest BCUT2D eigenvalue weighted by Crippen LogP contribution is 2.36. The Morgan fingerprint density at radius 3 is 2.57 bits per heavy atom. The number of nitrogens with one attached hydrogen (secondary N) is 1. The number of carbonyl (C=O) groups is 1. The summed E-state index contributed by atoms with van der Waals surface area (Å²) in [6.07, 6.45) is 2.16. The van der Waals surface area contributed by atoms with Crippen LogP contribution in [0.15, 0.2) is 30.3 Å². The van der Waals surface area contributed by atoms with Crippen molar-refractivity contribution in [3.8, 4) is 0 Å². The molecule has 5 nitrogen and oxygen atoms in total. The maximum Gasteiger partial charge on any atom is 0.222 e. The van der Waals surface area contributed by atoms with E-state index in [0.717, 1.165) is 18.4 Å². The summed E-state index contributed by atoms with van der Waals surface area (Å²) in [5, 5.41) is 2.79. The lowest BCUT2D eigenvalue weighted by Crippen LogP contribution is -2.41. The molecule has 2 fully saturated rings. The summed E-state index contributed by atoms with van der Waals surface area (Å²) in [6.45, 7) is 2.88. The molecule has 1 atom stereocenters. The van der Waals surface area contributed by atoms with Crippen LogP contribution in [0.2, 0.25) is 0 Å². The first-order valence-corrected chi connectivity index (χ1v) is 9.88. The van der Waals surface area contributed by atoms with E-state index in [-0.39, 0.29) is 24.0 Å². The highest BCUT2D eigenvalue weighted by atomic mass is 32.2. The van der Waals surface area contributed by atoms with Gasteiger partial charge in [-0.1, -0.05) is 37.3 Å². The third kappa shape index (κ3) is 3.75. The molecule has 1 amide bonds. The summed E-state index contributed by atoms with van der Waals surface area (Å²) in [4.78, 5) is 11.9. The van der Waals surface area contributed by atoms with Crippen molar-refractivity contribution in [2.24, 2.45) is 11.8 Å². The lowest BCUT2D eigenvalue weighted by atomic mass is 9.77. The van der Waals surface area contributed by atoms with E-state index in [4.69, 9.17) is 0 Å². The van der Waals surface area contributed by atoms with Gasteiger partial charge in [-0.05, 0) is 30.2 Å². The minimum atomic E-state index is -3.37. The Labute approximate surface area is 138 Å². The van der Waals surface area contributed by atoms with E-state index in [1.165, 1.54) is 0 Å². The van der Waals surface area contributed by atoms with Crippen LogP contribution in [-0.4, -0.2) is 37.5 Å². The van der Waals surface area contributed by atoms with Crippen molar-refractivity contribution in [2.75, 3.05) is 18.8 Å². The van der Waals surface area contributed by atoms with E-state index >= 15 is 0 Å². The van der Waals surface area contributed by atoms with Gasteiger partial charge in [-0.3, -0.25) is 4.79 Å². The van der Waals surface area contributed by atoms with Gasteiger partial charge in [0.05, 0.1) is 11.8 Å². The molecule has 1 unspecified atom stereocenters. The molecule has 1 saturated carbocycles. The smallest absolute Gasteiger partial charge is 0.222 e. The van der Waals surface area contributed by atoms with Gasteiger partial charge in [-0.25, -0.2) is 8.42 Å². The molecule has 0 spiro atoms. The molecule has 23 heavy (non-hydrogen) atoms. The second-order valence-corrected chi connectivity index (χ2v) is 8.78. The molecule has 0 radical (unpaired) electrons. The minimum Gasteiger partial charge on any atom is -0.355 e. The van der Waals surface area contributed by atoms with E-state index in [1.54, 1.807) is 4.31 Å². The second kappa shape index (κ2) is 6.61. The topological polar surface area (TPSA) is 66.5 Å². The molecule has 1 saturated heterocycles. The fraction of sp³-hybridized carbons (Fsp3) is 0.588. The molecule has 1 aliphatic heterocycles. The third-order valence-electron chi connectivity index (χ3n) is 4.84. The van der Waals surface area contributed by atoms with Crippen LogP contribution in [0.5, 0.6) is 0 Å². The first-order valence-electron chi connectivity index (χ1n) is 8.27. The number of carbonyl (C=O) groups excluding carboxylic acids is 1. The number of nitrogens with zero attached hydrogens (tertiary/aromatic N) is 1. The number of hydrogen-bond donors (Lipinski definition) is 1. The standard InChI is InChI=1S/C17H24N2O3S/c1-13-9-14(10-13)12-23(21,22)19-8-7-18-17(20)11-16(19)15-5-3-2-4-6-15/h2-6,13-14,16H,7-12H2,1H3,(H,18,20). The van der Waals surface area contributed by atoms with Crippen LogP contribution in [0.1, 0.15) is 37.8 Å². The fourth-order valence-corrected chi connectivity index (χ4v) is 5.71. The average molecular weight is 336 g/mol. The Morgan fingerprint density at radius 1 is 1.22 bits per heavy atom. The number of benzene rings is 1. The van der Waals surface area contributed by atoms with Gasteiger partial charge in [0.1, 0.15) is 0 Å². The van der Waals surface area contributed by atoms with E-state index in [1.807, 2.05) is 30.3 Å². The SMILES string of the molecule is CC1CC(CS(=O)(=O)N2CCNC(=O)CC2c2ccccc2)C1. The van der Waals surface area contributed by atoms with Crippen molar-refractivity contribution in [2.45, 2.75) is 32.2 Å². The Balaban J connectivity index is 1.85. The van der Waals surface area contributed by atoms with Gasteiger partial charge in [0.15, 0.2) is 0 Å². The first-order chi connectivity index (χ1) is 11.0. The van der Waals surface area contributed by atoms with E-state index in [9.17, 15) is 13.2 Å². The predicted octanol–water partition coefficient (Wildman–Crippen LogP) is 1.93. The Kier molecular flexibility index (Phi) is 4.73. The van der Waals surface area contributed by atoms with Crippen molar-refractivity contribution < 1.29 is 13.2 Å². The van der Waals surface area contributed by atoms with Gasteiger partial charge in [-0.2, -0.15) is 4.31 Å². The number of amides is 1. The molecule has 126 valence electrons. The monoisotopic (exact) mass is 336 g/mol. The molecule has 1 heterocycles. The molecule has 0 bridgehead atoms. The van der Waals surface area contributed by atoms with Gasteiger partial charge in [-0.15, -0.1) is 0 Å². The largest absolute Gasteiger partial charge is 0.355 e. The zero-order valence-corrected chi connectivity index (χ0v) is 14.3. The fourth-order valence-electron chi connectivity index (χ4n) is 3.70. The molecule has 3 rings (SSSR count). The molecule has 1 aromatic rings. The van der Waals surface area contributed by atoms with Crippen LogP contribution in [0.25, 0.3) is 0 Å². The van der Waals surface area contributed by atoms with Gasteiger partial charge >= 0.3 is 0 Å². The quantitative estimate of drug-likeness (QED) is 0.913. The predicted molar refractivity (Wildman–Crippen MR) is 89.2 cm³/mol. The molecule has 6 heteroatoms. The van der Waals surface area contributed by atoms with Crippen LogP contribution >= 0.6 is 0 Å². The maximum absolute atomic E-state index is 12.9. The second-order valence-electron chi connectivity index (χ2n) is 6.81. The van der Waals surface area contributed by atoms with Gasteiger partial charge < -0.3 is 5.32 Å². The molecule has 1 aromatic carbocycles. The van der Waals surface area contributed by atoms with Crippen LogP contribution in [0.3, 0.4) is 0 Å². The summed E-state index contributed by atoms with van der Waals surface area (Å²) in [6, 6.07) is 9.07. The summed E-state index contributed by atoms with van der Waals surface area (Å²) < 4.78 is 27.4. The lowest BCUT2D eigenvalue weighted by Gasteiger charge is -2.35. The molecule has 0 aromatic heterocycles. The molecular formula is C17H24N2O3S. The van der Waals surface area contributed by atoms with Crippen molar-refractivity contribution in [3.63, 3.8) is 0 Å². The van der Waals surface area contributed by atoms with Gasteiger partial charge in [0.2, 0.25) is 15.9 Å². The number of rotatable bonds is 4. The van der Waals surface area contributed by atoms with Crippen LogP contribution in [-0.2, 0) is 14.8 Å². The summed E-state index contributed by atoms with van der Waals surface area (Å²) in [5.41, 5.74) is 0.884. The van der Waals surface area contributed by atoms with E-state index in [2.05, 4.69) is 12.2 Å². The van der Waals surface area contributed by atoms with Crippen LogP contribution < -0.4 is 5.32 Å². The van der Waals surface area contributed by atoms with Crippen molar-refractivity contribution in [3.05, 3.63) is 35.9 Å². The third-order valence-corrected chi connectivity index (χ3v) is 6.88. The lowest BCUT2D eigenvalue weighted by molar-refractivity contribution is -0.121.